The molecule has 0 aliphatic rings. The summed E-state index contributed by atoms with van der Waals surface area (Å²) < 4.78 is 7.10. The Morgan fingerprint density at radius 3 is 2.62 bits per heavy atom. The fourth-order valence-electron chi connectivity index (χ4n) is 2.75. The number of nitrogens with zero attached hydrogens (tertiary/aromatic N) is 3. The normalized spacial score (nSPS) is 10.8. The maximum atomic E-state index is 5.26. The van der Waals surface area contributed by atoms with Gasteiger partial charge in [-0.2, -0.15) is 10.2 Å². The molecule has 3 aromatic rings. The van der Waals surface area contributed by atoms with Gasteiger partial charge in [0.25, 0.3) is 0 Å². The Labute approximate surface area is 176 Å². The predicted octanol–water partition coefficient (Wildman–Crippen LogP) is 4.15. The molecule has 1 heterocycles. The van der Waals surface area contributed by atoms with Crippen LogP contribution < -0.4 is 15.5 Å². The molecule has 3 rings (SSSR count). The van der Waals surface area contributed by atoms with E-state index in [9.17, 15) is 0 Å². The minimum Gasteiger partial charge on any atom is -0.497 e. The van der Waals surface area contributed by atoms with Gasteiger partial charge in [0.1, 0.15) is 11.4 Å². The first-order chi connectivity index (χ1) is 14.2. The summed E-state index contributed by atoms with van der Waals surface area (Å²) in [4.78, 5) is 0. The molecule has 1 aromatic heterocycles. The van der Waals surface area contributed by atoms with Crippen molar-refractivity contribution in [1.82, 2.24) is 20.5 Å². The molecule has 0 spiro atoms. The first-order valence-corrected chi connectivity index (χ1v) is 9.98. The van der Waals surface area contributed by atoms with Gasteiger partial charge in [0.05, 0.1) is 19.0 Å². The van der Waals surface area contributed by atoms with Gasteiger partial charge in [0, 0.05) is 23.9 Å². The molecule has 6 nitrogen and oxygen atoms in total. The van der Waals surface area contributed by atoms with Gasteiger partial charge in [-0.25, -0.2) is 4.68 Å². The average Bonchev–Trinajstić information content (AvgIpc) is 3.19. The molecule has 0 amide bonds. The quantitative estimate of drug-likeness (QED) is 0.254. The second-order valence-electron chi connectivity index (χ2n) is 6.42. The zero-order chi connectivity index (χ0) is 20.5. The molecule has 7 heteroatoms. The van der Waals surface area contributed by atoms with Crippen LogP contribution in [0.25, 0.3) is 16.9 Å². The van der Waals surface area contributed by atoms with Crippen molar-refractivity contribution in [2.45, 2.75) is 19.8 Å². The van der Waals surface area contributed by atoms with E-state index in [1.54, 1.807) is 13.3 Å². The number of nitrogens with one attached hydrogen (secondary N) is 2. The molecule has 0 saturated carbocycles. The van der Waals surface area contributed by atoms with Crippen molar-refractivity contribution in [3.05, 3.63) is 66.4 Å². The minimum atomic E-state index is 0.510. The number of aromatic nitrogens is 2. The summed E-state index contributed by atoms with van der Waals surface area (Å²) in [5.41, 5.74) is 6.53. The van der Waals surface area contributed by atoms with E-state index in [0.29, 0.717) is 5.11 Å². The van der Waals surface area contributed by atoms with Crippen molar-refractivity contribution >= 4 is 23.5 Å². The van der Waals surface area contributed by atoms with Gasteiger partial charge in [0.2, 0.25) is 0 Å². The van der Waals surface area contributed by atoms with Gasteiger partial charge in [-0.1, -0.05) is 31.5 Å². The molecular formula is C22H25N5OS. The molecule has 0 atom stereocenters. The highest BCUT2D eigenvalue weighted by Crippen LogP contribution is 2.24. The summed E-state index contributed by atoms with van der Waals surface area (Å²) in [6.07, 6.45) is 5.87. The smallest absolute Gasteiger partial charge is 0.186 e. The largest absolute Gasteiger partial charge is 0.497 e. The van der Waals surface area contributed by atoms with Crippen molar-refractivity contribution in [3.63, 3.8) is 0 Å². The lowest BCUT2D eigenvalue weighted by Gasteiger charge is -2.05. The Hall–Kier alpha value is -3.19. The number of hydrogen-bond acceptors (Lipinski definition) is 4. The molecule has 150 valence electrons. The molecule has 0 aliphatic heterocycles. The average molecular weight is 408 g/mol. The topological polar surface area (TPSA) is 63.5 Å². The highest BCUT2D eigenvalue weighted by Gasteiger charge is 2.11. The monoisotopic (exact) mass is 407 g/mol. The van der Waals surface area contributed by atoms with Crippen molar-refractivity contribution in [2.24, 2.45) is 5.10 Å². The molecule has 2 N–H and O–H groups in total. The Kier molecular flexibility index (Phi) is 7.35. The minimum absolute atomic E-state index is 0.510. The van der Waals surface area contributed by atoms with Gasteiger partial charge in [0.15, 0.2) is 5.11 Å². The van der Waals surface area contributed by atoms with Crippen molar-refractivity contribution < 1.29 is 4.74 Å². The lowest BCUT2D eigenvalue weighted by Crippen LogP contribution is -2.32. The third-order valence-electron chi connectivity index (χ3n) is 4.31. The van der Waals surface area contributed by atoms with Crippen LogP contribution in [-0.2, 0) is 0 Å². The molecule has 29 heavy (non-hydrogen) atoms. The number of benzene rings is 2. The summed E-state index contributed by atoms with van der Waals surface area (Å²) in [6, 6.07) is 17.8. The van der Waals surface area contributed by atoms with Crippen molar-refractivity contribution in [1.29, 1.82) is 0 Å². The standard InChI is InChI=1S/C22H25N5OS/c1-3-4-14-23-22(29)25-24-15-18-16-27(19-8-6-5-7-9-19)26-21(18)17-10-12-20(28-2)13-11-17/h5-13,15-16H,3-4,14H2,1-2H3,(H2,23,25,29). The summed E-state index contributed by atoms with van der Waals surface area (Å²) >= 11 is 5.25. The lowest BCUT2D eigenvalue weighted by atomic mass is 10.1. The van der Waals surface area contributed by atoms with E-state index in [4.69, 9.17) is 22.1 Å². The second-order valence-corrected chi connectivity index (χ2v) is 6.83. The van der Waals surface area contributed by atoms with Crippen LogP contribution in [0.2, 0.25) is 0 Å². The Bertz CT molecular complexity index is 951. The maximum Gasteiger partial charge on any atom is 0.186 e. The van der Waals surface area contributed by atoms with Crippen LogP contribution in [0.4, 0.5) is 0 Å². The highest BCUT2D eigenvalue weighted by molar-refractivity contribution is 7.80. The number of hydrazone groups is 1. The van der Waals surface area contributed by atoms with E-state index in [1.165, 1.54) is 0 Å². The first-order valence-electron chi connectivity index (χ1n) is 9.57. The van der Waals surface area contributed by atoms with Crippen molar-refractivity contribution in [2.75, 3.05) is 13.7 Å². The third-order valence-corrected chi connectivity index (χ3v) is 4.55. The van der Waals surface area contributed by atoms with E-state index >= 15 is 0 Å². The van der Waals surface area contributed by atoms with Gasteiger partial charge in [-0.15, -0.1) is 0 Å². The Morgan fingerprint density at radius 2 is 1.93 bits per heavy atom. The fourth-order valence-corrected chi connectivity index (χ4v) is 2.90. The van der Waals surface area contributed by atoms with E-state index in [2.05, 4.69) is 22.8 Å². The van der Waals surface area contributed by atoms with Gasteiger partial charge < -0.3 is 10.1 Å². The zero-order valence-electron chi connectivity index (χ0n) is 16.6. The third kappa shape index (κ3) is 5.65. The van der Waals surface area contributed by atoms with Crippen LogP contribution in [0.1, 0.15) is 25.3 Å². The van der Waals surface area contributed by atoms with Crippen LogP contribution in [0.3, 0.4) is 0 Å². The second kappa shape index (κ2) is 10.4. The number of thiocarbonyl (C=S) groups is 1. The van der Waals surface area contributed by atoms with Crippen molar-refractivity contribution in [3.8, 4) is 22.7 Å². The molecule has 0 unspecified atom stereocenters. The summed E-state index contributed by atoms with van der Waals surface area (Å²) in [7, 11) is 1.65. The van der Waals surface area contributed by atoms with Crippen LogP contribution in [0, 0.1) is 0 Å². The highest BCUT2D eigenvalue weighted by atomic mass is 32.1. The van der Waals surface area contributed by atoms with Crippen LogP contribution in [0.15, 0.2) is 65.9 Å². The molecule has 0 aliphatic carbocycles. The Balaban J connectivity index is 1.84. The molecule has 0 saturated heterocycles. The maximum absolute atomic E-state index is 5.26. The number of para-hydroxylation sites is 1. The molecule has 2 aromatic carbocycles. The molecule has 0 fully saturated rings. The number of methoxy groups -OCH3 is 1. The van der Waals surface area contributed by atoms with E-state index in [-0.39, 0.29) is 0 Å². The van der Waals surface area contributed by atoms with E-state index < -0.39 is 0 Å². The van der Waals surface area contributed by atoms with Crippen LogP contribution >= 0.6 is 12.2 Å². The van der Waals surface area contributed by atoms with Gasteiger partial charge in [-0.05, 0) is 55.0 Å². The molecule has 0 radical (unpaired) electrons. The number of hydrogen-bond donors (Lipinski definition) is 2. The fraction of sp³-hybridized carbons (Fsp3) is 0.227. The number of rotatable bonds is 8. The first kappa shape index (κ1) is 20.5. The Morgan fingerprint density at radius 1 is 1.17 bits per heavy atom. The predicted molar refractivity (Wildman–Crippen MR) is 122 cm³/mol. The zero-order valence-corrected chi connectivity index (χ0v) is 17.4. The summed E-state index contributed by atoms with van der Waals surface area (Å²) in [6.45, 7) is 2.97. The lowest BCUT2D eigenvalue weighted by molar-refractivity contribution is 0.415. The summed E-state index contributed by atoms with van der Waals surface area (Å²) in [5.74, 6) is 0.802. The van der Waals surface area contributed by atoms with Gasteiger partial charge in [-0.3, -0.25) is 5.43 Å². The SMILES string of the molecule is CCCCNC(=S)NN=Cc1cn(-c2ccccc2)nc1-c1ccc(OC)cc1. The van der Waals surface area contributed by atoms with Crippen LogP contribution in [-0.4, -0.2) is 34.8 Å². The summed E-state index contributed by atoms with van der Waals surface area (Å²) in [5, 5.41) is 12.7. The van der Waals surface area contributed by atoms with E-state index in [1.807, 2.05) is 65.5 Å². The van der Waals surface area contributed by atoms with Crippen LogP contribution in [0.5, 0.6) is 5.75 Å². The number of unbranched alkanes of at least 4 members (excludes halogenated alkanes) is 1. The molecular weight excluding hydrogens is 382 g/mol. The molecule has 0 bridgehead atoms. The van der Waals surface area contributed by atoms with E-state index in [0.717, 1.165) is 47.6 Å². The number of ether oxygens (including phenoxy) is 1. The van der Waals surface area contributed by atoms with Gasteiger partial charge >= 0.3 is 0 Å².